The molecule has 70 valence electrons. The fourth-order valence-electron chi connectivity index (χ4n) is 1.05. The largest absolute Gasteiger partial charge is 0.337 e. The summed E-state index contributed by atoms with van der Waals surface area (Å²) < 4.78 is 4.89. The predicted molar refractivity (Wildman–Crippen MR) is 45.5 cm³/mol. The summed E-state index contributed by atoms with van der Waals surface area (Å²) in [6.45, 7) is 2.74. The first-order valence-electron chi connectivity index (χ1n) is 3.65. The van der Waals surface area contributed by atoms with Crippen molar-refractivity contribution in [3.8, 4) is 0 Å². The SMILES string of the molecule is CCN1C=CN(C)C1OP(O)O. The van der Waals surface area contributed by atoms with Crippen LogP contribution in [0.1, 0.15) is 6.92 Å². The van der Waals surface area contributed by atoms with Gasteiger partial charge in [0.15, 0.2) is 0 Å². The van der Waals surface area contributed by atoms with E-state index in [9.17, 15) is 0 Å². The molecule has 1 unspecified atom stereocenters. The van der Waals surface area contributed by atoms with Gasteiger partial charge in [0.05, 0.1) is 0 Å². The molecule has 0 aromatic carbocycles. The molecule has 1 heterocycles. The lowest BCUT2D eigenvalue weighted by Gasteiger charge is -2.28. The van der Waals surface area contributed by atoms with Gasteiger partial charge in [-0.15, -0.1) is 0 Å². The summed E-state index contributed by atoms with van der Waals surface area (Å²) in [6, 6.07) is 0. The lowest BCUT2D eigenvalue weighted by atomic mass is 10.6. The van der Waals surface area contributed by atoms with E-state index in [1.807, 2.05) is 31.3 Å². The molecule has 0 spiro atoms. The second-order valence-corrected chi connectivity index (χ2v) is 3.19. The van der Waals surface area contributed by atoms with Gasteiger partial charge in [-0.05, 0) is 6.92 Å². The molecule has 6 heteroatoms. The molecule has 5 nitrogen and oxygen atoms in total. The lowest BCUT2D eigenvalue weighted by Crippen LogP contribution is -2.37. The molecule has 0 aromatic heterocycles. The summed E-state index contributed by atoms with van der Waals surface area (Å²) >= 11 is 0. The van der Waals surface area contributed by atoms with Crippen molar-refractivity contribution >= 4 is 8.60 Å². The third-order valence-corrected chi connectivity index (χ3v) is 2.06. The highest BCUT2D eigenvalue weighted by molar-refractivity contribution is 7.39. The second-order valence-electron chi connectivity index (χ2n) is 2.48. The monoisotopic (exact) mass is 192 g/mol. The standard InChI is InChI=1S/C6H13N2O3P/c1-3-8-5-4-7(2)6(8)11-12(9)10/h4-6,9-10H,3H2,1-2H3. The van der Waals surface area contributed by atoms with E-state index in [1.165, 1.54) is 0 Å². The van der Waals surface area contributed by atoms with Crippen molar-refractivity contribution in [1.82, 2.24) is 9.80 Å². The molecular weight excluding hydrogens is 179 g/mol. The Labute approximate surface area is 72.8 Å². The summed E-state index contributed by atoms with van der Waals surface area (Å²) in [5.74, 6) is 0. The van der Waals surface area contributed by atoms with Crippen molar-refractivity contribution in [3.63, 3.8) is 0 Å². The number of rotatable bonds is 3. The minimum atomic E-state index is -2.29. The predicted octanol–water partition coefficient (Wildman–Crippen LogP) is 0.237. The Kier molecular flexibility index (Phi) is 3.29. The van der Waals surface area contributed by atoms with Gasteiger partial charge in [0.1, 0.15) is 0 Å². The fraction of sp³-hybridized carbons (Fsp3) is 0.667. The number of hydrogen-bond acceptors (Lipinski definition) is 5. The molecule has 1 rings (SSSR count). The Morgan fingerprint density at radius 2 is 2.17 bits per heavy atom. The van der Waals surface area contributed by atoms with Crippen LogP contribution in [0, 0.1) is 0 Å². The van der Waals surface area contributed by atoms with Gasteiger partial charge in [-0.25, -0.2) is 0 Å². The van der Waals surface area contributed by atoms with E-state index in [-0.39, 0.29) is 6.35 Å². The first kappa shape index (κ1) is 9.74. The summed E-state index contributed by atoms with van der Waals surface area (Å²) in [7, 11) is -0.479. The van der Waals surface area contributed by atoms with Crippen LogP contribution in [-0.4, -0.2) is 39.5 Å². The first-order chi connectivity index (χ1) is 5.65. The average molecular weight is 192 g/mol. The summed E-state index contributed by atoms with van der Waals surface area (Å²) in [5, 5.41) is 0. The van der Waals surface area contributed by atoms with Crippen molar-refractivity contribution in [1.29, 1.82) is 0 Å². The quantitative estimate of drug-likeness (QED) is 0.627. The second kappa shape index (κ2) is 4.05. The molecule has 0 fully saturated rings. The average Bonchev–Trinajstić information content (AvgIpc) is 2.32. The zero-order valence-electron chi connectivity index (χ0n) is 7.08. The molecular formula is C6H13N2O3P. The van der Waals surface area contributed by atoms with Crippen LogP contribution in [0.4, 0.5) is 0 Å². The molecule has 1 atom stereocenters. The van der Waals surface area contributed by atoms with Crippen LogP contribution in [0.5, 0.6) is 0 Å². The van der Waals surface area contributed by atoms with Gasteiger partial charge in [0, 0.05) is 26.0 Å². The number of hydrogen-bond donors (Lipinski definition) is 2. The Morgan fingerprint density at radius 1 is 1.50 bits per heavy atom. The minimum absolute atomic E-state index is 0.379. The van der Waals surface area contributed by atoms with Crippen LogP contribution in [-0.2, 0) is 4.52 Å². The maximum atomic E-state index is 8.66. The fourth-order valence-corrected chi connectivity index (χ4v) is 1.49. The van der Waals surface area contributed by atoms with Crippen molar-refractivity contribution in [3.05, 3.63) is 12.4 Å². The van der Waals surface area contributed by atoms with E-state index in [4.69, 9.17) is 14.3 Å². The molecule has 0 amide bonds. The topological polar surface area (TPSA) is 56.2 Å². The van der Waals surface area contributed by atoms with Gasteiger partial charge < -0.3 is 19.6 Å². The van der Waals surface area contributed by atoms with Gasteiger partial charge in [-0.2, -0.15) is 0 Å². The number of nitrogens with zero attached hydrogens (tertiary/aromatic N) is 2. The van der Waals surface area contributed by atoms with E-state index < -0.39 is 8.60 Å². The van der Waals surface area contributed by atoms with Gasteiger partial charge in [-0.3, -0.25) is 4.52 Å². The van der Waals surface area contributed by atoms with Crippen LogP contribution in [0.3, 0.4) is 0 Å². The van der Waals surface area contributed by atoms with Gasteiger partial charge in [-0.1, -0.05) is 0 Å². The summed E-state index contributed by atoms with van der Waals surface area (Å²) in [5.41, 5.74) is 0. The van der Waals surface area contributed by atoms with Gasteiger partial charge >= 0.3 is 8.60 Å². The lowest BCUT2D eigenvalue weighted by molar-refractivity contribution is -0.0190. The van der Waals surface area contributed by atoms with E-state index in [1.54, 1.807) is 4.90 Å². The normalized spacial score (nSPS) is 22.9. The minimum Gasteiger partial charge on any atom is -0.337 e. The molecule has 0 radical (unpaired) electrons. The smallest absolute Gasteiger partial charge is 0.330 e. The third-order valence-electron chi connectivity index (χ3n) is 1.68. The molecule has 0 aromatic rings. The first-order valence-corrected chi connectivity index (χ1v) is 4.82. The Bertz CT molecular complexity index is 176. The van der Waals surface area contributed by atoms with Gasteiger partial charge in [0.2, 0.25) is 6.35 Å². The van der Waals surface area contributed by atoms with Crippen molar-refractivity contribution in [2.75, 3.05) is 13.6 Å². The van der Waals surface area contributed by atoms with Gasteiger partial charge in [0.25, 0.3) is 0 Å². The third kappa shape index (κ3) is 2.08. The van der Waals surface area contributed by atoms with Crippen LogP contribution < -0.4 is 0 Å². The molecule has 0 saturated heterocycles. The van der Waals surface area contributed by atoms with Crippen molar-refractivity contribution < 1.29 is 14.3 Å². The Hall–Kier alpha value is -0.350. The van der Waals surface area contributed by atoms with E-state index >= 15 is 0 Å². The van der Waals surface area contributed by atoms with Crippen molar-refractivity contribution in [2.45, 2.75) is 13.3 Å². The molecule has 0 saturated carbocycles. The van der Waals surface area contributed by atoms with Crippen LogP contribution in [0.25, 0.3) is 0 Å². The highest BCUT2D eigenvalue weighted by Crippen LogP contribution is 2.31. The maximum absolute atomic E-state index is 8.66. The zero-order valence-corrected chi connectivity index (χ0v) is 7.98. The Morgan fingerprint density at radius 3 is 2.67 bits per heavy atom. The van der Waals surface area contributed by atoms with E-state index in [2.05, 4.69) is 0 Å². The van der Waals surface area contributed by atoms with Crippen molar-refractivity contribution in [2.24, 2.45) is 0 Å². The van der Waals surface area contributed by atoms with Crippen LogP contribution >= 0.6 is 8.60 Å². The molecule has 0 aliphatic carbocycles. The highest BCUT2D eigenvalue weighted by Gasteiger charge is 2.25. The summed E-state index contributed by atoms with van der Waals surface area (Å²) in [6.07, 6.45) is 3.30. The molecule has 1 aliphatic rings. The summed E-state index contributed by atoms with van der Waals surface area (Å²) in [4.78, 5) is 21.0. The molecule has 0 bridgehead atoms. The van der Waals surface area contributed by atoms with Crippen LogP contribution in [0.15, 0.2) is 12.4 Å². The van der Waals surface area contributed by atoms with E-state index in [0.717, 1.165) is 6.54 Å². The van der Waals surface area contributed by atoms with E-state index in [0.29, 0.717) is 0 Å². The molecule has 1 aliphatic heterocycles. The maximum Gasteiger partial charge on any atom is 0.330 e. The molecule has 2 N–H and O–H groups in total. The Balaban J connectivity index is 2.50. The van der Waals surface area contributed by atoms with Crippen LogP contribution in [0.2, 0.25) is 0 Å². The zero-order chi connectivity index (χ0) is 9.14. The molecule has 12 heavy (non-hydrogen) atoms. The highest BCUT2D eigenvalue weighted by atomic mass is 31.2.